The first-order valence-corrected chi connectivity index (χ1v) is 13.4. The fourth-order valence-electron chi connectivity index (χ4n) is 5.14. The average Bonchev–Trinajstić information content (AvgIpc) is 3.28. The fourth-order valence-corrected chi connectivity index (χ4v) is 5.14. The van der Waals surface area contributed by atoms with Crippen molar-refractivity contribution in [3.63, 3.8) is 0 Å². The van der Waals surface area contributed by atoms with Crippen LogP contribution in [0.25, 0.3) is 0 Å². The minimum atomic E-state index is -0.993. The van der Waals surface area contributed by atoms with Crippen molar-refractivity contribution in [2.45, 2.75) is 83.0 Å². The van der Waals surface area contributed by atoms with Crippen molar-refractivity contribution in [1.29, 1.82) is 0 Å². The number of hydrogen-bond donors (Lipinski definition) is 3. The van der Waals surface area contributed by atoms with Crippen molar-refractivity contribution in [3.05, 3.63) is 41.5 Å². The van der Waals surface area contributed by atoms with Gasteiger partial charge in [0.15, 0.2) is 0 Å². The predicted molar refractivity (Wildman–Crippen MR) is 138 cm³/mol. The number of ether oxygens (including phenoxy) is 2. The molecule has 2 aliphatic rings. The van der Waals surface area contributed by atoms with Crippen LogP contribution in [-0.2, 0) is 14.3 Å². The molecule has 3 rings (SSSR count). The molecule has 8 nitrogen and oxygen atoms in total. The minimum Gasteiger partial charge on any atom is -0.486 e. The molecule has 1 heterocycles. The molecule has 2 amide bonds. The zero-order valence-corrected chi connectivity index (χ0v) is 21.7. The summed E-state index contributed by atoms with van der Waals surface area (Å²) < 4.78 is 11.6. The maximum Gasteiger partial charge on any atom is 0.247 e. The van der Waals surface area contributed by atoms with Crippen LogP contribution in [-0.4, -0.2) is 78.1 Å². The third kappa shape index (κ3) is 6.87. The molecule has 0 radical (unpaired) electrons. The van der Waals surface area contributed by atoms with E-state index in [9.17, 15) is 19.8 Å². The Balaban J connectivity index is 1.88. The number of hydrogen-bond acceptors (Lipinski definition) is 6. The van der Waals surface area contributed by atoms with E-state index in [4.69, 9.17) is 9.47 Å². The molecule has 4 atom stereocenters. The van der Waals surface area contributed by atoms with Crippen molar-refractivity contribution >= 4 is 11.8 Å². The summed E-state index contributed by atoms with van der Waals surface area (Å²) in [5.41, 5.74) is 1.30. The molecule has 1 aliphatic carbocycles. The maximum absolute atomic E-state index is 13.4. The van der Waals surface area contributed by atoms with Crippen molar-refractivity contribution in [1.82, 2.24) is 10.2 Å². The summed E-state index contributed by atoms with van der Waals surface area (Å²) >= 11 is 0. The summed E-state index contributed by atoms with van der Waals surface area (Å²) in [5, 5.41) is 23.5. The summed E-state index contributed by atoms with van der Waals surface area (Å²) in [6, 6.07) is 6.79. The van der Waals surface area contributed by atoms with E-state index in [2.05, 4.69) is 12.2 Å². The number of amides is 2. The molecule has 1 aromatic carbocycles. The first-order valence-electron chi connectivity index (χ1n) is 13.4. The van der Waals surface area contributed by atoms with Crippen molar-refractivity contribution < 1.29 is 29.3 Å². The third-order valence-electron chi connectivity index (χ3n) is 6.94. The Morgan fingerprint density at radius 3 is 2.64 bits per heavy atom. The summed E-state index contributed by atoms with van der Waals surface area (Å²) in [6.45, 7) is 5.57. The largest absolute Gasteiger partial charge is 0.486 e. The van der Waals surface area contributed by atoms with Crippen LogP contribution < -0.4 is 10.1 Å². The highest BCUT2D eigenvalue weighted by Gasteiger charge is 2.50. The van der Waals surface area contributed by atoms with E-state index in [1.807, 2.05) is 31.2 Å². The first-order chi connectivity index (χ1) is 17.5. The summed E-state index contributed by atoms with van der Waals surface area (Å²) in [7, 11) is 0. The highest BCUT2D eigenvalue weighted by Crippen LogP contribution is 2.47. The normalized spacial score (nSPS) is 22.3. The number of unbranched alkanes of at least 4 members (excludes halogenated alkanes) is 4. The topological polar surface area (TPSA) is 108 Å². The third-order valence-corrected chi connectivity index (χ3v) is 6.94. The van der Waals surface area contributed by atoms with Crippen LogP contribution in [0.4, 0.5) is 0 Å². The lowest BCUT2D eigenvalue weighted by atomic mass is 9.77. The number of para-hydroxylation sites is 1. The number of nitrogens with zero attached hydrogens (tertiary/aromatic N) is 1. The van der Waals surface area contributed by atoms with Crippen LogP contribution in [0.5, 0.6) is 5.75 Å². The van der Waals surface area contributed by atoms with E-state index in [0.717, 1.165) is 37.7 Å². The molecular weight excluding hydrogens is 460 g/mol. The Kier molecular flexibility index (Phi) is 11.2. The van der Waals surface area contributed by atoms with Gasteiger partial charge < -0.3 is 29.9 Å². The van der Waals surface area contributed by atoms with Crippen molar-refractivity contribution in [2.75, 3.05) is 32.9 Å². The summed E-state index contributed by atoms with van der Waals surface area (Å²) in [5.74, 6) is -0.163. The zero-order chi connectivity index (χ0) is 25.9. The predicted octanol–water partition coefficient (Wildman–Crippen LogP) is 2.92. The standard InChI is InChI=1S/C28H42N2O6/c1-3-5-6-7-8-14-24(32)30(16-11-18-35-4-2)22-19-21(28(34)29-15-17-31)25-20-12-9-10-13-23(20)36-27(25)26(22)33/h9-10,12-13,19,22,25-27,31,33H,3-8,11,14-18H2,1-2H3,(H,29,34). The van der Waals surface area contributed by atoms with E-state index in [1.54, 1.807) is 11.0 Å². The number of benzene rings is 1. The number of rotatable bonds is 15. The second-order valence-electron chi connectivity index (χ2n) is 9.48. The molecule has 200 valence electrons. The van der Waals surface area contributed by atoms with Gasteiger partial charge in [0.2, 0.25) is 11.8 Å². The summed E-state index contributed by atoms with van der Waals surface area (Å²) in [6.07, 6.45) is 6.28. The second-order valence-corrected chi connectivity index (χ2v) is 9.48. The van der Waals surface area contributed by atoms with E-state index in [1.165, 1.54) is 0 Å². The van der Waals surface area contributed by atoms with Gasteiger partial charge in [0.25, 0.3) is 0 Å². The lowest BCUT2D eigenvalue weighted by Gasteiger charge is -2.41. The summed E-state index contributed by atoms with van der Waals surface area (Å²) in [4.78, 5) is 28.3. The Hall–Kier alpha value is -2.42. The maximum atomic E-state index is 13.4. The number of fused-ring (bicyclic) bond motifs is 3. The Bertz CT molecular complexity index is 889. The Morgan fingerprint density at radius 1 is 1.11 bits per heavy atom. The van der Waals surface area contributed by atoms with Gasteiger partial charge in [-0.25, -0.2) is 0 Å². The van der Waals surface area contributed by atoms with E-state index in [0.29, 0.717) is 43.9 Å². The molecule has 36 heavy (non-hydrogen) atoms. The molecule has 0 bridgehead atoms. The molecule has 0 aromatic heterocycles. The minimum absolute atomic E-state index is 0.0348. The molecule has 0 saturated heterocycles. The molecule has 1 aromatic rings. The quantitative estimate of drug-likeness (QED) is 0.318. The first kappa shape index (κ1) is 28.2. The lowest BCUT2D eigenvalue weighted by Crippen LogP contribution is -2.56. The number of carbonyl (C=O) groups excluding carboxylic acids is 2. The van der Waals surface area contributed by atoms with Crippen LogP contribution in [0.15, 0.2) is 35.9 Å². The molecule has 0 fully saturated rings. The second kappa shape index (κ2) is 14.4. The Labute approximate surface area is 214 Å². The molecular formula is C28H42N2O6. The van der Waals surface area contributed by atoms with Crippen LogP contribution in [0, 0.1) is 0 Å². The zero-order valence-electron chi connectivity index (χ0n) is 21.7. The van der Waals surface area contributed by atoms with Crippen LogP contribution in [0.1, 0.15) is 70.3 Å². The van der Waals surface area contributed by atoms with Gasteiger partial charge >= 0.3 is 0 Å². The van der Waals surface area contributed by atoms with E-state index >= 15 is 0 Å². The lowest BCUT2D eigenvalue weighted by molar-refractivity contribution is -0.137. The van der Waals surface area contributed by atoms with Gasteiger partial charge in [0.1, 0.15) is 18.0 Å². The number of carbonyl (C=O) groups is 2. The molecule has 0 saturated carbocycles. The smallest absolute Gasteiger partial charge is 0.247 e. The number of aliphatic hydroxyl groups excluding tert-OH is 2. The van der Waals surface area contributed by atoms with Gasteiger partial charge in [-0.3, -0.25) is 9.59 Å². The Morgan fingerprint density at radius 2 is 1.89 bits per heavy atom. The fraction of sp³-hybridized carbons (Fsp3) is 0.643. The molecule has 0 spiro atoms. The van der Waals surface area contributed by atoms with Crippen molar-refractivity contribution in [2.24, 2.45) is 0 Å². The van der Waals surface area contributed by atoms with Crippen LogP contribution in [0.2, 0.25) is 0 Å². The van der Waals surface area contributed by atoms with Gasteiger partial charge in [-0.2, -0.15) is 0 Å². The van der Waals surface area contributed by atoms with Crippen LogP contribution in [0.3, 0.4) is 0 Å². The SMILES string of the molecule is CCCCCCCC(=O)N(CCCOCC)C1C=C(C(=O)NCCO)C2c3ccccc3OC2C1O. The molecule has 8 heteroatoms. The van der Waals surface area contributed by atoms with Gasteiger partial charge in [-0.1, -0.05) is 50.8 Å². The van der Waals surface area contributed by atoms with Gasteiger partial charge in [0, 0.05) is 43.9 Å². The van der Waals surface area contributed by atoms with Gasteiger partial charge in [0.05, 0.1) is 18.6 Å². The molecule has 3 N–H and O–H groups in total. The number of nitrogens with one attached hydrogen (secondary N) is 1. The van der Waals surface area contributed by atoms with Crippen molar-refractivity contribution in [3.8, 4) is 5.75 Å². The highest BCUT2D eigenvalue weighted by molar-refractivity contribution is 5.96. The molecule has 1 aliphatic heterocycles. The van der Waals surface area contributed by atoms with E-state index < -0.39 is 24.2 Å². The highest BCUT2D eigenvalue weighted by atomic mass is 16.5. The average molecular weight is 503 g/mol. The molecule has 4 unspecified atom stereocenters. The van der Waals surface area contributed by atoms with Crippen LogP contribution >= 0.6 is 0 Å². The number of aliphatic hydroxyl groups is 2. The van der Waals surface area contributed by atoms with Gasteiger partial charge in [-0.05, 0) is 31.9 Å². The van der Waals surface area contributed by atoms with Gasteiger partial charge in [-0.15, -0.1) is 0 Å². The monoisotopic (exact) mass is 502 g/mol. The van der Waals surface area contributed by atoms with E-state index in [-0.39, 0.29) is 25.0 Å².